The fourth-order valence-corrected chi connectivity index (χ4v) is 4.93. The van der Waals surface area contributed by atoms with Crippen LogP contribution in [0.1, 0.15) is 136 Å². The second kappa shape index (κ2) is 24.9. The van der Waals surface area contributed by atoms with Gasteiger partial charge in [0.15, 0.2) is 0 Å². The Morgan fingerprint density at radius 2 is 0.706 bits per heavy atom. The molecule has 0 aromatic heterocycles. The van der Waals surface area contributed by atoms with E-state index in [1.165, 1.54) is 135 Å². The van der Waals surface area contributed by atoms with Crippen LogP contribution in [0.4, 0.5) is 0 Å². The van der Waals surface area contributed by atoms with Crippen molar-refractivity contribution in [2.24, 2.45) is 0 Å². The Morgan fingerprint density at radius 1 is 0.471 bits per heavy atom. The van der Waals surface area contributed by atoms with E-state index in [9.17, 15) is 9.13 Å². The molecule has 0 atom stereocenters. The van der Waals surface area contributed by atoms with Crippen LogP contribution >= 0.6 is 15.6 Å². The van der Waals surface area contributed by atoms with Crippen molar-refractivity contribution in [1.82, 2.24) is 4.90 Å². The van der Waals surface area contributed by atoms with Gasteiger partial charge in [0, 0.05) is 0 Å². The van der Waals surface area contributed by atoms with Crippen molar-refractivity contribution in [2.75, 3.05) is 19.6 Å². The molecule has 0 fully saturated rings. The van der Waals surface area contributed by atoms with Crippen LogP contribution in [0.3, 0.4) is 0 Å². The van der Waals surface area contributed by atoms with Gasteiger partial charge < -0.3 is 24.5 Å². The van der Waals surface area contributed by atoms with Gasteiger partial charge in [0.25, 0.3) is 0 Å². The number of unbranched alkanes of at least 4 members (excludes halogenated alkanes) is 15. The van der Waals surface area contributed by atoms with Gasteiger partial charge in [-0.2, -0.15) is 4.31 Å². The number of phosphoric acid groups is 2. The second-order valence-electron chi connectivity index (χ2n) is 9.21. The number of hydrogen-bond donors (Lipinski definition) is 4. The molecule has 10 heteroatoms. The summed E-state index contributed by atoms with van der Waals surface area (Å²) < 4.78 is 22.2. The maximum atomic E-state index is 9.63. The Labute approximate surface area is 209 Å². The molecule has 0 saturated carbocycles. The van der Waals surface area contributed by atoms with E-state index in [2.05, 4.69) is 30.0 Å². The molecule has 8 nitrogen and oxygen atoms in total. The maximum Gasteiger partial charge on any atom is 0.478 e. The highest BCUT2D eigenvalue weighted by Crippen LogP contribution is 2.53. The molecule has 0 rings (SSSR count). The minimum atomic E-state index is -5.05. The van der Waals surface area contributed by atoms with Crippen LogP contribution in [0, 0.1) is 0 Å². The van der Waals surface area contributed by atoms with Crippen LogP contribution in [-0.4, -0.2) is 44.1 Å². The third-order valence-electron chi connectivity index (χ3n) is 5.70. The van der Waals surface area contributed by atoms with Crippen molar-refractivity contribution in [3.05, 3.63) is 0 Å². The standard InChI is InChI=1S/C24H51N.H4O7P2/c1-4-7-10-13-16-19-22-25(23-20-17-14-11-8-5-2)24-21-18-15-12-9-6-3;1-8(2,3)7-9(4,5)6/h4-24H2,1-3H3;(H2,1,2,3)(H2,4,5,6). The summed E-state index contributed by atoms with van der Waals surface area (Å²) in [4.78, 5) is 33.8. The lowest BCUT2D eigenvalue weighted by molar-refractivity contribution is 0.225. The van der Waals surface area contributed by atoms with Crippen molar-refractivity contribution in [2.45, 2.75) is 136 Å². The molecule has 0 aliphatic rings. The molecule has 0 aliphatic carbocycles. The molecule has 0 spiro atoms. The largest absolute Gasteiger partial charge is 0.478 e. The Bertz CT molecular complexity index is 454. The van der Waals surface area contributed by atoms with Crippen molar-refractivity contribution < 1.29 is 33.0 Å². The van der Waals surface area contributed by atoms with E-state index in [-0.39, 0.29) is 0 Å². The maximum absolute atomic E-state index is 9.63. The van der Waals surface area contributed by atoms with Crippen LogP contribution in [0.5, 0.6) is 0 Å². The van der Waals surface area contributed by atoms with Crippen molar-refractivity contribution in [3.63, 3.8) is 0 Å². The van der Waals surface area contributed by atoms with Gasteiger partial charge in [-0.3, -0.25) is 0 Å². The molecule has 208 valence electrons. The van der Waals surface area contributed by atoms with E-state index < -0.39 is 15.6 Å². The predicted molar refractivity (Wildman–Crippen MR) is 142 cm³/mol. The SMILES string of the molecule is CCCCCCCCN(CCCCCCCC)CCCCCCCC.O=P(O)(O)OP(=O)(O)O. The van der Waals surface area contributed by atoms with E-state index in [0.29, 0.717) is 0 Å². The van der Waals surface area contributed by atoms with E-state index in [0.717, 1.165) is 0 Å². The molecule has 0 amide bonds. The van der Waals surface area contributed by atoms with Crippen LogP contribution in [-0.2, 0) is 13.4 Å². The van der Waals surface area contributed by atoms with Crippen molar-refractivity contribution >= 4 is 15.6 Å². The fraction of sp³-hybridized carbons (Fsp3) is 1.00. The predicted octanol–water partition coefficient (Wildman–Crippen LogP) is 7.56. The molecular formula is C24H55NO7P2. The third-order valence-corrected chi connectivity index (χ3v) is 7.40. The van der Waals surface area contributed by atoms with Crippen LogP contribution in [0.25, 0.3) is 0 Å². The van der Waals surface area contributed by atoms with E-state index >= 15 is 0 Å². The first-order valence-electron chi connectivity index (χ1n) is 13.6. The number of hydrogen-bond acceptors (Lipinski definition) is 4. The van der Waals surface area contributed by atoms with Crippen LogP contribution < -0.4 is 0 Å². The average molecular weight is 532 g/mol. The normalized spacial score (nSPS) is 12.1. The lowest BCUT2D eigenvalue weighted by Crippen LogP contribution is -2.27. The molecule has 0 unspecified atom stereocenters. The fourth-order valence-electron chi connectivity index (χ4n) is 3.82. The monoisotopic (exact) mass is 531 g/mol. The molecule has 0 aromatic carbocycles. The Morgan fingerprint density at radius 3 is 0.912 bits per heavy atom. The van der Waals surface area contributed by atoms with E-state index in [1.54, 1.807) is 0 Å². The lowest BCUT2D eigenvalue weighted by Gasteiger charge is -2.22. The Balaban J connectivity index is 0. The molecule has 0 aliphatic heterocycles. The van der Waals surface area contributed by atoms with Gasteiger partial charge in [-0.05, 0) is 38.9 Å². The summed E-state index contributed by atoms with van der Waals surface area (Å²) in [5.41, 5.74) is 0. The van der Waals surface area contributed by atoms with Crippen LogP contribution in [0.15, 0.2) is 0 Å². The first kappa shape index (κ1) is 36.4. The van der Waals surface area contributed by atoms with Gasteiger partial charge in [-0.15, -0.1) is 0 Å². The minimum Gasteiger partial charge on any atom is -0.303 e. The summed E-state index contributed by atoms with van der Waals surface area (Å²) in [6, 6.07) is 0. The number of nitrogens with zero attached hydrogens (tertiary/aromatic N) is 1. The summed E-state index contributed by atoms with van der Waals surface area (Å²) in [5, 5.41) is 0. The van der Waals surface area contributed by atoms with Crippen molar-refractivity contribution in [1.29, 1.82) is 0 Å². The van der Waals surface area contributed by atoms with Gasteiger partial charge in [0.2, 0.25) is 0 Å². The average Bonchev–Trinajstić information content (AvgIpc) is 2.72. The quantitative estimate of drug-likeness (QED) is 0.0785. The summed E-state index contributed by atoms with van der Waals surface area (Å²) in [5.74, 6) is 0. The molecular weight excluding hydrogens is 476 g/mol. The zero-order chi connectivity index (χ0) is 26.1. The molecule has 0 aromatic rings. The van der Waals surface area contributed by atoms with E-state index in [1.807, 2.05) is 0 Å². The second-order valence-corrected chi connectivity index (χ2v) is 11.8. The third kappa shape index (κ3) is 34.4. The molecule has 0 bridgehead atoms. The lowest BCUT2D eigenvalue weighted by atomic mass is 10.1. The highest BCUT2D eigenvalue weighted by molar-refractivity contribution is 7.60. The molecule has 0 heterocycles. The summed E-state index contributed by atoms with van der Waals surface area (Å²) in [7, 11) is -10.1. The van der Waals surface area contributed by atoms with Gasteiger partial charge in [0.1, 0.15) is 0 Å². The highest BCUT2D eigenvalue weighted by atomic mass is 31.3. The zero-order valence-corrected chi connectivity index (χ0v) is 24.0. The van der Waals surface area contributed by atoms with E-state index in [4.69, 9.17) is 19.6 Å². The smallest absolute Gasteiger partial charge is 0.303 e. The van der Waals surface area contributed by atoms with Gasteiger partial charge in [-0.25, -0.2) is 9.13 Å². The Kier molecular flexibility index (Phi) is 26.6. The van der Waals surface area contributed by atoms with Gasteiger partial charge in [0.05, 0.1) is 0 Å². The summed E-state index contributed by atoms with van der Waals surface area (Å²) in [6.45, 7) is 11.0. The number of rotatable bonds is 23. The van der Waals surface area contributed by atoms with Crippen LogP contribution in [0.2, 0.25) is 0 Å². The zero-order valence-electron chi connectivity index (χ0n) is 22.2. The topological polar surface area (TPSA) is 128 Å². The van der Waals surface area contributed by atoms with Crippen molar-refractivity contribution in [3.8, 4) is 0 Å². The summed E-state index contributed by atoms with van der Waals surface area (Å²) in [6.07, 6.45) is 25.7. The molecule has 34 heavy (non-hydrogen) atoms. The summed E-state index contributed by atoms with van der Waals surface area (Å²) >= 11 is 0. The van der Waals surface area contributed by atoms with Gasteiger partial charge in [-0.1, -0.05) is 117 Å². The van der Waals surface area contributed by atoms with Gasteiger partial charge >= 0.3 is 15.6 Å². The first-order valence-corrected chi connectivity index (χ1v) is 16.7. The molecule has 4 N–H and O–H groups in total. The Hall–Kier alpha value is 0.220. The minimum absolute atomic E-state index is 1.36. The molecule has 0 saturated heterocycles. The molecule has 0 radical (unpaired) electrons. The highest BCUT2D eigenvalue weighted by Gasteiger charge is 2.27. The first-order chi connectivity index (χ1) is 16.1.